The second-order valence-corrected chi connectivity index (χ2v) is 4.10. The average Bonchev–Trinajstić information content (AvgIpc) is 2.09. The van der Waals surface area contributed by atoms with E-state index in [1.54, 1.807) is 0 Å². The number of carbonyl (C=O) groups is 1. The van der Waals surface area contributed by atoms with Crippen LogP contribution in [0.3, 0.4) is 0 Å². The molecule has 2 aliphatic rings. The van der Waals surface area contributed by atoms with Gasteiger partial charge in [-0.2, -0.15) is 0 Å². The minimum atomic E-state index is -0.0205. The van der Waals surface area contributed by atoms with Crippen LogP contribution >= 0.6 is 0 Å². The molecule has 1 spiro atoms. The molecular weight excluding hydrogens is 154 g/mol. The highest BCUT2D eigenvalue weighted by Crippen LogP contribution is 2.46. The maximum atomic E-state index is 10.8. The van der Waals surface area contributed by atoms with Crippen LogP contribution in [-0.2, 0) is 9.53 Å². The van der Waals surface area contributed by atoms with Gasteiger partial charge in [0.1, 0.15) is 6.61 Å². The van der Waals surface area contributed by atoms with Crippen LogP contribution in [-0.4, -0.2) is 24.7 Å². The molecule has 3 atom stereocenters. The lowest BCUT2D eigenvalue weighted by molar-refractivity contribution is -0.189. The SMILES string of the molecule is CC1CC2(CNC(=O)CO2)C1C. The Labute approximate surface area is 72.5 Å². The molecule has 1 saturated heterocycles. The topological polar surface area (TPSA) is 38.3 Å². The summed E-state index contributed by atoms with van der Waals surface area (Å²) >= 11 is 0. The summed E-state index contributed by atoms with van der Waals surface area (Å²) in [5.74, 6) is 1.34. The molecule has 68 valence electrons. The minimum absolute atomic E-state index is 0.0205. The Kier molecular flexibility index (Phi) is 1.65. The number of ether oxygens (including phenoxy) is 1. The lowest BCUT2D eigenvalue weighted by Crippen LogP contribution is -2.63. The zero-order valence-corrected chi connectivity index (χ0v) is 7.59. The molecule has 0 aromatic heterocycles. The van der Waals surface area contributed by atoms with Crippen molar-refractivity contribution < 1.29 is 9.53 Å². The van der Waals surface area contributed by atoms with Crippen LogP contribution in [0.4, 0.5) is 0 Å². The van der Waals surface area contributed by atoms with Gasteiger partial charge in [-0.15, -0.1) is 0 Å². The summed E-state index contributed by atoms with van der Waals surface area (Å²) in [5, 5.41) is 2.86. The minimum Gasteiger partial charge on any atom is -0.363 e. The van der Waals surface area contributed by atoms with Gasteiger partial charge in [0.05, 0.1) is 5.60 Å². The third kappa shape index (κ3) is 0.959. The van der Waals surface area contributed by atoms with Gasteiger partial charge in [0.15, 0.2) is 0 Å². The number of hydrogen-bond acceptors (Lipinski definition) is 2. The van der Waals surface area contributed by atoms with Gasteiger partial charge in [-0.05, 0) is 18.3 Å². The van der Waals surface area contributed by atoms with Gasteiger partial charge in [0.2, 0.25) is 5.91 Å². The van der Waals surface area contributed by atoms with Crippen molar-refractivity contribution in [3.8, 4) is 0 Å². The van der Waals surface area contributed by atoms with E-state index < -0.39 is 0 Å². The van der Waals surface area contributed by atoms with Gasteiger partial charge in [0.25, 0.3) is 0 Å². The number of carbonyl (C=O) groups excluding carboxylic acids is 1. The number of nitrogens with one attached hydrogen (secondary N) is 1. The van der Waals surface area contributed by atoms with E-state index >= 15 is 0 Å². The largest absolute Gasteiger partial charge is 0.363 e. The normalized spacial score (nSPS) is 47.0. The van der Waals surface area contributed by atoms with Crippen molar-refractivity contribution in [2.75, 3.05) is 13.2 Å². The third-order valence-electron chi connectivity index (χ3n) is 3.43. The van der Waals surface area contributed by atoms with Gasteiger partial charge in [0, 0.05) is 6.54 Å². The van der Waals surface area contributed by atoms with E-state index in [1.165, 1.54) is 0 Å². The molecule has 3 nitrogen and oxygen atoms in total. The highest BCUT2D eigenvalue weighted by Gasteiger charge is 2.52. The van der Waals surface area contributed by atoms with Crippen molar-refractivity contribution in [1.29, 1.82) is 0 Å². The molecule has 1 N–H and O–H groups in total. The van der Waals surface area contributed by atoms with Crippen LogP contribution in [0.1, 0.15) is 20.3 Å². The zero-order valence-electron chi connectivity index (χ0n) is 7.59. The lowest BCUT2D eigenvalue weighted by Gasteiger charge is -2.53. The smallest absolute Gasteiger partial charge is 0.246 e. The maximum Gasteiger partial charge on any atom is 0.246 e. The summed E-state index contributed by atoms with van der Waals surface area (Å²) in [7, 11) is 0. The van der Waals surface area contributed by atoms with E-state index in [2.05, 4.69) is 19.2 Å². The van der Waals surface area contributed by atoms with E-state index in [0.717, 1.165) is 12.3 Å². The Balaban J connectivity index is 2.01. The molecule has 2 fully saturated rings. The van der Waals surface area contributed by atoms with E-state index in [-0.39, 0.29) is 18.1 Å². The highest BCUT2D eigenvalue weighted by atomic mass is 16.5. The first kappa shape index (κ1) is 8.05. The second kappa shape index (κ2) is 2.46. The third-order valence-corrected chi connectivity index (χ3v) is 3.43. The molecule has 1 heterocycles. The van der Waals surface area contributed by atoms with Gasteiger partial charge < -0.3 is 10.1 Å². The van der Waals surface area contributed by atoms with Crippen molar-refractivity contribution in [2.45, 2.75) is 25.9 Å². The summed E-state index contributed by atoms with van der Waals surface area (Å²) < 4.78 is 5.58. The molecule has 0 radical (unpaired) electrons. The zero-order chi connectivity index (χ0) is 8.77. The molecule has 3 heteroatoms. The average molecular weight is 169 g/mol. The Bertz CT molecular complexity index is 205. The first-order valence-electron chi connectivity index (χ1n) is 4.55. The molecule has 1 amide bonds. The summed E-state index contributed by atoms with van der Waals surface area (Å²) in [5.41, 5.74) is -0.0205. The highest BCUT2D eigenvalue weighted by molar-refractivity contribution is 5.78. The fourth-order valence-electron chi connectivity index (χ4n) is 2.25. The molecule has 1 saturated carbocycles. The molecular formula is C9H15NO2. The molecule has 0 aromatic carbocycles. The van der Waals surface area contributed by atoms with Gasteiger partial charge in [-0.3, -0.25) is 4.79 Å². The maximum absolute atomic E-state index is 10.8. The summed E-state index contributed by atoms with van der Waals surface area (Å²) in [4.78, 5) is 10.8. The fourth-order valence-corrected chi connectivity index (χ4v) is 2.25. The van der Waals surface area contributed by atoms with Gasteiger partial charge in [-0.1, -0.05) is 13.8 Å². The first-order chi connectivity index (χ1) is 5.64. The molecule has 12 heavy (non-hydrogen) atoms. The van der Waals surface area contributed by atoms with E-state index in [1.807, 2.05) is 0 Å². The van der Waals surface area contributed by atoms with Crippen molar-refractivity contribution in [3.05, 3.63) is 0 Å². The molecule has 0 bridgehead atoms. The van der Waals surface area contributed by atoms with Crippen molar-refractivity contribution in [1.82, 2.24) is 5.32 Å². The number of amides is 1. The van der Waals surface area contributed by atoms with Crippen LogP contribution in [0.15, 0.2) is 0 Å². The van der Waals surface area contributed by atoms with Crippen LogP contribution in [0.5, 0.6) is 0 Å². The number of rotatable bonds is 0. The van der Waals surface area contributed by atoms with Crippen LogP contribution in [0, 0.1) is 11.8 Å². The molecule has 2 rings (SSSR count). The van der Waals surface area contributed by atoms with Crippen molar-refractivity contribution >= 4 is 5.91 Å². The van der Waals surface area contributed by atoms with Gasteiger partial charge >= 0.3 is 0 Å². The van der Waals surface area contributed by atoms with Crippen LogP contribution in [0.2, 0.25) is 0 Å². The predicted octanol–water partition coefficient (Wildman–Crippen LogP) is 0.547. The monoisotopic (exact) mass is 169 g/mol. The van der Waals surface area contributed by atoms with Crippen LogP contribution in [0.25, 0.3) is 0 Å². The number of hydrogen-bond donors (Lipinski definition) is 1. The Hall–Kier alpha value is -0.570. The Morgan fingerprint density at radius 1 is 1.58 bits per heavy atom. The number of morpholine rings is 1. The van der Waals surface area contributed by atoms with Crippen molar-refractivity contribution in [3.63, 3.8) is 0 Å². The van der Waals surface area contributed by atoms with Gasteiger partial charge in [-0.25, -0.2) is 0 Å². The first-order valence-corrected chi connectivity index (χ1v) is 4.55. The van der Waals surface area contributed by atoms with E-state index in [9.17, 15) is 4.79 Å². The van der Waals surface area contributed by atoms with Crippen molar-refractivity contribution in [2.24, 2.45) is 11.8 Å². The Morgan fingerprint density at radius 3 is 2.75 bits per heavy atom. The fraction of sp³-hybridized carbons (Fsp3) is 0.889. The van der Waals surface area contributed by atoms with E-state index in [4.69, 9.17) is 4.74 Å². The standard InChI is InChI=1S/C9H15NO2/c1-6-3-9(7(6)2)5-10-8(11)4-12-9/h6-7H,3-5H2,1-2H3,(H,10,11). The quantitative estimate of drug-likeness (QED) is 0.575. The second-order valence-electron chi connectivity index (χ2n) is 4.10. The molecule has 0 aromatic rings. The summed E-state index contributed by atoms with van der Waals surface area (Å²) in [6.45, 7) is 5.38. The molecule has 3 unspecified atom stereocenters. The summed E-state index contributed by atoms with van der Waals surface area (Å²) in [6, 6.07) is 0. The predicted molar refractivity (Wildman–Crippen MR) is 44.6 cm³/mol. The molecule has 1 aliphatic heterocycles. The van der Waals surface area contributed by atoms with Crippen LogP contribution < -0.4 is 5.32 Å². The summed E-state index contributed by atoms with van der Waals surface area (Å²) in [6.07, 6.45) is 1.09. The lowest BCUT2D eigenvalue weighted by atomic mass is 9.62. The van der Waals surface area contributed by atoms with E-state index in [0.29, 0.717) is 12.5 Å². The Morgan fingerprint density at radius 2 is 2.33 bits per heavy atom. The molecule has 1 aliphatic carbocycles.